The number of benzene rings is 1. The Morgan fingerprint density at radius 3 is 2.37 bits per heavy atom. The van der Waals surface area contributed by atoms with Crippen molar-refractivity contribution >= 4 is 28.2 Å². The lowest BCUT2D eigenvalue weighted by Crippen LogP contribution is -2.17. The predicted octanol–water partition coefficient (Wildman–Crippen LogP) is 5.07. The quantitative estimate of drug-likeness (QED) is 0.558. The molecule has 0 unspecified atom stereocenters. The first-order valence-electron chi connectivity index (χ1n) is 9.38. The summed E-state index contributed by atoms with van der Waals surface area (Å²) in [6.45, 7) is 6.61. The van der Waals surface area contributed by atoms with E-state index in [0.29, 0.717) is 22.7 Å². The molecule has 1 aromatic heterocycles. The molecular formula is C21H28N2O3S. The number of ether oxygens (including phenoxy) is 1. The van der Waals surface area contributed by atoms with Gasteiger partial charge in [0, 0.05) is 10.4 Å². The highest BCUT2D eigenvalue weighted by Gasteiger charge is 2.19. The molecule has 0 aliphatic rings. The van der Waals surface area contributed by atoms with E-state index < -0.39 is 5.91 Å². The molecule has 1 aromatic carbocycles. The van der Waals surface area contributed by atoms with Gasteiger partial charge in [-0.25, -0.2) is 0 Å². The van der Waals surface area contributed by atoms with Gasteiger partial charge in [-0.3, -0.25) is 9.59 Å². The van der Waals surface area contributed by atoms with E-state index in [1.54, 1.807) is 24.3 Å². The van der Waals surface area contributed by atoms with Gasteiger partial charge in [0.2, 0.25) is 0 Å². The topological polar surface area (TPSA) is 81.4 Å². The second-order valence-electron chi connectivity index (χ2n) is 6.59. The average Bonchev–Trinajstić information content (AvgIpc) is 2.92. The van der Waals surface area contributed by atoms with Crippen molar-refractivity contribution in [3.63, 3.8) is 0 Å². The lowest BCUT2D eigenvalue weighted by Gasteiger charge is -2.08. The van der Waals surface area contributed by atoms with Gasteiger partial charge in [-0.2, -0.15) is 0 Å². The van der Waals surface area contributed by atoms with Crippen molar-refractivity contribution in [2.75, 3.05) is 11.9 Å². The summed E-state index contributed by atoms with van der Waals surface area (Å²) in [6.07, 6.45) is 5.96. The number of nitrogens with two attached hydrogens (primary N) is 1. The monoisotopic (exact) mass is 388 g/mol. The van der Waals surface area contributed by atoms with Crippen molar-refractivity contribution < 1.29 is 14.3 Å². The number of rotatable bonds is 10. The number of nitrogens with one attached hydrogen (secondary N) is 1. The molecule has 2 amide bonds. The zero-order valence-corrected chi connectivity index (χ0v) is 17.1. The lowest BCUT2D eigenvalue weighted by molar-refractivity contribution is 0.100. The number of anilines is 1. The second kappa shape index (κ2) is 10.1. The minimum absolute atomic E-state index is 0.273. The molecule has 5 nitrogen and oxygen atoms in total. The van der Waals surface area contributed by atoms with Gasteiger partial charge < -0.3 is 15.8 Å². The van der Waals surface area contributed by atoms with Gasteiger partial charge >= 0.3 is 0 Å². The molecule has 0 radical (unpaired) electrons. The number of thiophene rings is 1. The number of carbonyl (C=O) groups is 2. The minimum atomic E-state index is -0.533. The van der Waals surface area contributed by atoms with Gasteiger partial charge in [-0.15, -0.1) is 11.3 Å². The van der Waals surface area contributed by atoms with Crippen LogP contribution in [0.5, 0.6) is 5.75 Å². The number of primary amides is 1. The summed E-state index contributed by atoms with van der Waals surface area (Å²) in [6, 6.07) is 7.03. The standard InChI is InChI=1S/C21H28N2O3S/c1-4-5-6-7-8-13-26-17-11-9-16(10-12-17)20(25)23-21-18(19(22)24)14(2)15(3)27-21/h9-12H,4-8,13H2,1-3H3,(H2,22,24)(H,23,25). The van der Waals surface area contributed by atoms with Gasteiger partial charge in [-0.05, 0) is 50.1 Å². The SMILES string of the molecule is CCCCCCCOc1ccc(C(=O)Nc2sc(C)c(C)c2C(N)=O)cc1. The van der Waals surface area contributed by atoms with Crippen molar-refractivity contribution in [3.8, 4) is 5.75 Å². The van der Waals surface area contributed by atoms with Crippen molar-refractivity contribution in [3.05, 3.63) is 45.8 Å². The molecule has 0 fully saturated rings. The Bertz CT molecular complexity index is 781. The first-order chi connectivity index (χ1) is 12.9. The third kappa shape index (κ3) is 5.82. The number of hydrogen-bond acceptors (Lipinski definition) is 4. The molecule has 3 N–H and O–H groups in total. The molecule has 0 saturated heterocycles. The molecule has 6 heteroatoms. The van der Waals surface area contributed by atoms with Crippen LogP contribution >= 0.6 is 11.3 Å². The van der Waals surface area contributed by atoms with Gasteiger partial charge in [-0.1, -0.05) is 32.6 Å². The number of unbranched alkanes of at least 4 members (excludes halogenated alkanes) is 4. The highest BCUT2D eigenvalue weighted by molar-refractivity contribution is 7.16. The van der Waals surface area contributed by atoms with Gasteiger partial charge in [0.25, 0.3) is 11.8 Å². The smallest absolute Gasteiger partial charge is 0.256 e. The minimum Gasteiger partial charge on any atom is -0.494 e. The first-order valence-corrected chi connectivity index (χ1v) is 10.2. The van der Waals surface area contributed by atoms with E-state index in [2.05, 4.69) is 12.2 Å². The van der Waals surface area contributed by atoms with E-state index >= 15 is 0 Å². The Labute approximate surface area is 164 Å². The fourth-order valence-corrected chi connectivity index (χ4v) is 3.85. The molecule has 146 valence electrons. The Kier molecular flexibility index (Phi) is 7.85. The van der Waals surface area contributed by atoms with Crippen LogP contribution < -0.4 is 15.8 Å². The van der Waals surface area contributed by atoms with E-state index in [4.69, 9.17) is 10.5 Å². The van der Waals surface area contributed by atoms with Crippen molar-refractivity contribution in [2.24, 2.45) is 5.73 Å². The molecule has 0 bridgehead atoms. The third-order valence-electron chi connectivity index (χ3n) is 4.49. The highest BCUT2D eigenvalue weighted by atomic mass is 32.1. The van der Waals surface area contributed by atoms with Crippen molar-refractivity contribution in [1.82, 2.24) is 0 Å². The molecule has 0 spiro atoms. The van der Waals surface area contributed by atoms with E-state index in [0.717, 1.165) is 22.6 Å². The summed E-state index contributed by atoms with van der Waals surface area (Å²) in [4.78, 5) is 25.1. The van der Waals surface area contributed by atoms with Crippen LogP contribution in [0.3, 0.4) is 0 Å². The number of hydrogen-bond donors (Lipinski definition) is 2. The lowest BCUT2D eigenvalue weighted by atomic mass is 10.1. The molecule has 0 aliphatic heterocycles. The Morgan fingerprint density at radius 1 is 1.07 bits per heavy atom. The summed E-state index contributed by atoms with van der Waals surface area (Å²) in [7, 11) is 0. The molecule has 27 heavy (non-hydrogen) atoms. The summed E-state index contributed by atoms with van der Waals surface area (Å²) >= 11 is 1.36. The maximum atomic E-state index is 12.5. The molecule has 0 atom stereocenters. The molecule has 1 heterocycles. The Balaban J connectivity index is 1.92. The number of aryl methyl sites for hydroxylation is 1. The molecule has 2 aromatic rings. The number of carbonyl (C=O) groups excluding carboxylic acids is 2. The number of amides is 2. The van der Waals surface area contributed by atoms with Gasteiger partial charge in [0.1, 0.15) is 10.8 Å². The zero-order valence-electron chi connectivity index (χ0n) is 16.3. The summed E-state index contributed by atoms with van der Waals surface area (Å²) in [5.41, 5.74) is 7.15. The Morgan fingerprint density at radius 2 is 1.74 bits per heavy atom. The second-order valence-corrected chi connectivity index (χ2v) is 7.82. The van der Waals surface area contributed by atoms with Crippen LogP contribution in [-0.2, 0) is 0 Å². The molecule has 2 rings (SSSR count). The normalized spacial score (nSPS) is 10.6. The fourth-order valence-electron chi connectivity index (χ4n) is 2.79. The van der Waals surface area contributed by atoms with E-state index in [1.165, 1.54) is 37.0 Å². The highest BCUT2D eigenvalue weighted by Crippen LogP contribution is 2.32. The van der Waals surface area contributed by atoms with Crippen molar-refractivity contribution in [1.29, 1.82) is 0 Å². The zero-order chi connectivity index (χ0) is 19.8. The molecular weight excluding hydrogens is 360 g/mol. The van der Waals surface area contributed by atoms with Crippen LogP contribution in [0.2, 0.25) is 0 Å². The fraction of sp³-hybridized carbons (Fsp3) is 0.429. The van der Waals surface area contributed by atoms with Crippen molar-refractivity contribution in [2.45, 2.75) is 52.9 Å². The first kappa shape index (κ1) is 21.0. The van der Waals surface area contributed by atoms with E-state index in [9.17, 15) is 9.59 Å². The van der Waals surface area contributed by atoms with Crippen LogP contribution in [0.15, 0.2) is 24.3 Å². The van der Waals surface area contributed by atoms with Crippen LogP contribution in [0.1, 0.15) is 70.2 Å². The van der Waals surface area contributed by atoms with Crippen LogP contribution in [-0.4, -0.2) is 18.4 Å². The van der Waals surface area contributed by atoms with Gasteiger partial charge in [0.05, 0.1) is 12.2 Å². The molecule has 0 aliphatic carbocycles. The van der Waals surface area contributed by atoms with Crippen LogP contribution in [0.25, 0.3) is 0 Å². The summed E-state index contributed by atoms with van der Waals surface area (Å²) in [5.74, 6) is -0.0534. The maximum absolute atomic E-state index is 12.5. The molecule has 0 saturated carbocycles. The average molecular weight is 389 g/mol. The third-order valence-corrected chi connectivity index (χ3v) is 5.61. The van der Waals surface area contributed by atoms with Crippen LogP contribution in [0, 0.1) is 13.8 Å². The van der Waals surface area contributed by atoms with E-state index in [-0.39, 0.29) is 5.91 Å². The largest absolute Gasteiger partial charge is 0.494 e. The summed E-state index contributed by atoms with van der Waals surface area (Å²) in [5, 5.41) is 3.29. The maximum Gasteiger partial charge on any atom is 0.256 e. The van der Waals surface area contributed by atoms with Crippen LogP contribution in [0.4, 0.5) is 5.00 Å². The predicted molar refractivity (Wildman–Crippen MR) is 111 cm³/mol. The summed E-state index contributed by atoms with van der Waals surface area (Å²) < 4.78 is 5.72. The van der Waals surface area contributed by atoms with Gasteiger partial charge in [0.15, 0.2) is 0 Å². The van der Waals surface area contributed by atoms with E-state index in [1.807, 2.05) is 13.8 Å². The Hall–Kier alpha value is -2.34.